The van der Waals surface area contributed by atoms with E-state index in [-0.39, 0.29) is 12.1 Å². The Labute approximate surface area is 298 Å². The first-order chi connectivity index (χ1) is 23.6. The molecule has 0 bridgehead atoms. The molecule has 0 aromatic carbocycles. The molecule has 0 spiro atoms. The number of carboxylic acids is 1. The molecule has 0 rings (SSSR count). The maximum Gasteiger partial charge on any atom is 0.306 e. The third-order valence-electron chi connectivity index (χ3n) is 9.04. The molecular weight excluding hydrogens is 592 g/mol. The lowest BCUT2D eigenvalue weighted by Crippen LogP contribution is -2.14. The van der Waals surface area contributed by atoms with Gasteiger partial charge in [-0.05, 0) is 77.6 Å². The smallest absolute Gasteiger partial charge is 0.306 e. The lowest BCUT2D eigenvalue weighted by molar-refractivity contribution is -0.148. The average molecular weight is 671 g/mol. The number of carbonyl (C=O) groups is 2. The van der Waals surface area contributed by atoms with Gasteiger partial charge in [-0.2, -0.15) is 0 Å². The molecule has 0 heterocycles. The van der Waals surface area contributed by atoms with Crippen molar-refractivity contribution in [3.05, 3.63) is 48.6 Å². The van der Waals surface area contributed by atoms with E-state index in [1.165, 1.54) is 122 Å². The zero-order chi connectivity index (χ0) is 35.0. The summed E-state index contributed by atoms with van der Waals surface area (Å²) in [4.78, 5) is 22.7. The number of ether oxygens (including phenoxy) is 1. The van der Waals surface area contributed by atoms with E-state index in [0.717, 1.165) is 64.2 Å². The molecule has 0 aliphatic rings. The van der Waals surface area contributed by atoms with Crippen LogP contribution in [-0.2, 0) is 14.3 Å². The van der Waals surface area contributed by atoms with Crippen molar-refractivity contribution in [1.82, 2.24) is 0 Å². The predicted octanol–water partition coefficient (Wildman–Crippen LogP) is 14.3. The van der Waals surface area contributed by atoms with E-state index in [1.54, 1.807) is 0 Å². The number of hydrogen-bond acceptors (Lipinski definition) is 3. The highest BCUT2D eigenvalue weighted by Crippen LogP contribution is 2.16. The van der Waals surface area contributed by atoms with E-state index < -0.39 is 5.97 Å². The molecule has 0 amide bonds. The van der Waals surface area contributed by atoms with Gasteiger partial charge in [0.1, 0.15) is 0 Å². The maximum absolute atomic E-state index is 12.2. The fourth-order valence-corrected chi connectivity index (χ4v) is 5.97. The molecule has 4 heteroatoms. The Hall–Kier alpha value is -2.10. The van der Waals surface area contributed by atoms with Crippen LogP contribution in [0.15, 0.2) is 48.6 Å². The van der Waals surface area contributed by atoms with Crippen molar-refractivity contribution < 1.29 is 19.4 Å². The molecule has 0 saturated carbocycles. The second kappa shape index (κ2) is 39.3. The topological polar surface area (TPSA) is 63.6 Å². The molecule has 1 N–H and O–H groups in total. The Morgan fingerprint density at radius 2 is 0.833 bits per heavy atom. The van der Waals surface area contributed by atoms with Gasteiger partial charge < -0.3 is 9.84 Å². The molecule has 0 aromatic rings. The van der Waals surface area contributed by atoms with Gasteiger partial charge in [-0.25, -0.2) is 0 Å². The summed E-state index contributed by atoms with van der Waals surface area (Å²) in [5.74, 6) is -0.681. The van der Waals surface area contributed by atoms with Gasteiger partial charge >= 0.3 is 11.9 Å². The number of esters is 1. The summed E-state index contributed by atoms with van der Waals surface area (Å²) in [5.41, 5.74) is 0. The van der Waals surface area contributed by atoms with Gasteiger partial charge in [0, 0.05) is 12.8 Å². The van der Waals surface area contributed by atoms with Crippen LogP contribution in [0.3, 0.4) is 0 Å². The fraction of sp³-hybridized carbons (Fsp3) is 0.773. The van der Waals surface area contributed by atoms with Gasteiger partial charge in [-0.1, -0.05) is 171 Å². The third kappa shape index (κ3) is 40.1. The minimum Gasteiger partial charge on any atom is -0.481 e. The largest absolute Gasteiger partial charge is 0.481 e. The number of allylic oxidation sites excluding steroid dienone is 8. The summed E-state index contributed by atoms with van der Waals surface area (Å²) < 4.78 is 5.65. The van der Waals surface area contributed by atoms with Crippen molar-refractivity contribution >= 4 is 11.9 Å². The zero-order valence-corrected chi connectivity index (χ0v) is 31.8. The SMILES string of the molecule is CCCCC/C=C\C/C=C\C/C=C\C/C=C\CCCCCCCC(=O)OC(C)CCCCCCCCCCCCCCCCCC(=O)O. The average Bonchev–Trinajstić information content (AvgIpc) is 3.06. The van der Waals surface area contributed by atoms with E-state index in [1.807, 2.05) is 6.92 Å². The quantitative estimate of drug-likeness (QED) is 0.0406. The van der Waals surface area contributed by atoms with E-state index in [2.05, 4.69) is 55.5 Å². The summed E-state index contributed by atoms with van der Waals surface area (Å²) in [6.07, 6.45) is 54.1. The molecule has 4 nitrogen and oxygen atoms in total. The molecule has 278 valence electrons. The minimum absolute atomic E-state index is 0.0145. The van der Waals surface area contributed by atoms with Gasteiger partial charge in [-0.15, -0.1) is 0 Å². The molecular formula is C44H78O4. The number of hydrogen-bond donors (Lipinski definition) is 1. The predicted molar refractivity (Wildman–Crippen MR) is 209 cm³/mol. The van der Waals surface area contributed by atoms with Crippen LogP contribution in [0.5, 0.6) is 0 Å². The number of rotatable bonds is 37. The van der Waals surface area contributed by atoms with E-state index in [0.29, 0.717) is 12.8 Å². The number of carboxylic acid groups (broad SMARTS) is 1. The Bertz CT molecular complexity index is 809. The number of carbonyl (C=O) groups excluding carboxylic acids is 1. The Kier molecular flexibility index (Phi) is 37.6. The minimum atomic E-state index is -0.667. The first-order valence-corrected chi connectivity index (χ1v) is 20.6. The molecule has 0 aliphatic heterocycles. The van der Waals surface area contributed by atoms with E-state index in [9.17, 15) is 9.59 Å². The van der Waals surface area contributed by atoms with Crippen LogP contribution in [0, 0.1) is 0 Å². The van der Waals surface area contributed by atoms with Crippen molar-refractivity contribution in [1.29, 1.82) is 0 Å². The highest BCUT2D eigenvalue weighted by molar-refractivity contribution is 5.69. The summed E-state index contributed by atoms with van der Waals surface area (Å²) in [5, 5.41) is 8.65. The second-order valence-electron chi connectivity index (χ2n) is 13.9. The van der Waals surface area contributed by atoms with Crippen molar-refractivity contribution in [3.63, 3.8) is 0 Å². The summed E-state index contributed by atoms with van der Waals surface area (Å²) >= 11 is 0. The van der Waals surface area contributed by atoms with Gasteiger partial charge in [0.25, 0.3) is 0 Å². The molecule has 0 aliphatic carbocycles. The molecule has 48 heavy (non-hydrogen) atoms. The highest BCUT2D eigenvalue weighted by atomic mass is 16.5. The highest BCUT2D eigenvalue weighted by Gasteiger charge is 2.09. The van der Waals surface area contributed by atoms with Crippen LogP contribution in [0.4, 0.5) is 0 Å². The molecule has 1 unspecified atom stereocenters. The zero-order valence-electron chi connectivity index (χ0n) is 31.8. The Morgan fingerprint density at radius 1 is 0.479 bits per heavy atom. The molecule has 0 fully saturated rings. The second-order valence-corrected chi connectivity index (χ2v) is 13.9. The summed E-state index contributed by atoms with van der Waals surface area (Å²) in [6.45, 7) is 4.30. The summed E-state index contributed by atoms with van der Waals surface area (Å²) in [7, 11) is 0. The molecule has 0 aromatic heterocycles. The van der Waals surface area contributed by atoms with Crippen molar-refractivity contribution in [2.24, 2.45) is 0 Å². The first kappa shape index (κ1) is 45.9. The molecule has 0 radical (unpaired) electrons. The lowest BCUT2D eigenvalue weighted by Gasteiger charge is -2.13. The number of unbranched alkanes of at least 4 members (excludes halogenated alkanes) is 22. The Balaban J connectivity index is 3.40. The Morgan fingerprint density at radius 3 is 1.27 bits per heavy atom. The lowest BCUT2D eigenvalue weighted by atomic mass is 10.0. The van der Waals surface area contributed by atoms with Gasteiger partial charge in [0.15, 0.2) is 0 Å². The number of aliphatic carboxylic acids is 1. The monoisotopic (exact) mass is 671 g/mol. The van der Waals surface area contributed by atoms with Crippen LogP contribution in [-0.4, -0.2) is 23.1 Å². The van der Waals surface area contributed by atoms with Crippen LogP contribution >= 0.6 is 0 Å². The fourth-order valence-electron chi connectivity index (χ4n) is 5.97. The third-order valence-corrected chi connectivity index (χ3v) is 9.04. The van der Waals surface area contributed by atoms with Crippen molar-refractivity contribution in [2.75, 3.05) is 0 Å². The van der Waals surface area contributed by atoms with Gasteiger partial charge in [0.2, 0.25) is 0 Å². The molecule has 0 saturated heterocycles. The van der Waals surface area contributed by atoms with E-state index >= 15 is 0 Å². The standard InChI is InChI=1S/C44H78O4/c1-3-4-5-6-7-8-9-10-11-12-13-14-15-16-20-23-26-29-32-35-38-41-44(47)48-42(2)39-36-33-30-27-24-21-18-17-19-22-25-28-31-34-37-40-43(45)46/h7-8,10-11,13-14,16,20,42H,3-6,9,12,15,17-19,21-41H2,1-2H3,(H,45,46)/b8-7-,11-10-,14-13-,20-16-. The van der Waals surface area contributed by atoms with Gasteiger partial charge in [0.05, 0.1) is 6.10 Å². The molecule has 1 atom stereocenters. The van der Waals surface area contributed by atoms with E-state index in [4.69, 9.17) is 9.84 Å². The van der Waals surface area contributed by atoms with Crippen molar-refractivity contribution in [2.45, 2.75) is 219 Å². The first-order valence-electron chi connectivity index (χ1n) is 20.6. The van der Waals surface area contributed by atoms with Gasteiger partial charge in [-0.3, -0.25) is 9.59 Å². The summed E-state index contributed by atoms with van der Waals surface area (Å²) in [6, 6.07) is 0. The van der Waals surface area contributed by atoms with Crippen molar-refractivity contribution in [3.8, 4) is 0 Å². The van der Waals surface area contributed by atoms with Crippen LogP contribution in [0.25, 0.3) is 0 Å². The normalized spacial score (nSPS) is 12.7. The van der Waals surface area contributed by atoms with Crippen LogP contribution in [0.2, 0.25) is 0 Å². The van der Waals surface area contributed by atoms with Crippen LogP contribution in [0.1, 0.15) is 213 Å². The maximum atomic E-state index is 12.2. The van der Waals surface area contributed by atoms with Crippen LogP contribution < -0.4 is 0 Å².